The van der Waals surface area contributed by atoms with Gasteiger partial charge in [0, 0.05) is 37.1 Å². The smallest absolute Gasteiger partial charge is 0.308 e. The third kappa shape index (κ3) is 7.00. The quantitative estimate of drug-likeness (QED) is 0.523. The topological polar surface area (TPSA) is 84.9 Å². The Morgan fingerprint density at radius 3 is 2.45 bits per heavy atom. The number of carbonyl (C=O) groups excluding carboxylic acids is 3. The third-order valence-electron chi connectivity index (χ3n) is 5.02. The predicted molar refractivity (Wildman–Crippen MR) is 116 cm³/mol. The molecule has 1 aliphatic heterocycles. The summed E-state index contributed by atoms with van der Waals surface area (Å²) < 4.78 is 10.5. The van der Waals surface area contributed by atoms with Crippen LogP contribution in [0.2, 0.25) is 5.02 Å². The van der Waals surface area contributed by atoms with Crippen LogP contribution in [-0.4, -0.2) is 48.9 Å². The monoisotopic (exact) mass is 444 g/mol. The molecular formula is C23H25ClN2O5. The molecule has 164 valence electrons. The van der Waals surface area contributed by atoms with Crippen molar-refractivity contribution in [1.29, 1.82) is 0 Å². The Kier molecular flexibility index (Phi) is 7.89. The van der Waals surface area contributed by atoms with Gasteiger partial charge in [-0.3, -0.25) is 14.4 Å². The molecule has 0 unspecified atom stereocenters. The minimum atomic E-state index is -0.425. The number of rotatable bonds is 7. The van der Waals surface area contributed by atoms with Crippen molar-refractivity contribution in [3.05, 3.63) is 59.1 Å². The summed E-state index contributed by atoms with van der Waals surface area (Å²) in [4.78, 5) is 37.7. The van der Waals surface area contributed by atoms with Crippen molar-refractivity contribution in [3.63, 3.8) is 0 Å². The van der Waals surface area contributed by atoms with E-state index in [4.69, 9.17) is 21.1 Å². The average Bonchev–Trinajstić information content (AvgIpc) is 2.77. The van der Waals surface area contributed by atoms with Crippen LogP contribution in [0.25, 0.3) is 0 Å². The summed E-state index contributed by atoms with van der Waals surface area (Å²) >= 11 is 5.82. The van der Waals surface area contributed by atoms with Crippen molar-refractivity contribution < 1.29 is 23.9 Å². The molecule has 0 spiro atoms. The maximum absolute atomic E-state index is 12.7. The number of likely N-dealkylation sites (tertiary alicyclic amines) is 1. The van der Waals surface area contributed by atoms with Gasteiger partial charge in [-0.1, -0.05) is 17.7 Å². The third-order valence-corrected chi connectivity index (χ3v) is 5.27. The Bertz CT molecular complexity index is 924. The average molecular weight is 445 g/mol. The number of nitrogens with zero attached hydrogens (tertiary/aromatic N) is 1. The summed E-state index contributed by atoms with van der Waals surface area (Å²) in [5, 5.41) is 3.50. The van der Waals surface area contributed by atoms with E-state index in [1.165, 1.54) is 6.92 Å². The van der Waals surface area contributed by atoms with Gasteiger partial charge in [0.2, 0.25) is 0 Å². The molecule has 0 atom stereocenters. The van der Waals surface area contributed by atoms with Gasteiger partial charge in [0.15, 0.2) is 6.61 Å². The minimum Gasteiger partial charge on any atom is -0.484 e. The first-order valence-corrected chi connectivity index (χ1v) is 10.5. The molecule has 8 heteroatoms. The lowest BCUT2D eigenvalue weighted by Crippen LogP contribution is -2.42. The number of halogens is 1. The minimum absolute atomic E-state index is 0.0579. The molecule has 3 rings (SSSR count). The van der Waals surface area contributed by atoms with E-state index in [2.05, 4.69) is 5.32 Å². The van der Waals surface area contributed by atoms with E-state index in [0.717, 1.165) is 12.8 Å². The molecule has 1 saturated heterocycles. The van der Waals surface area contributed by atoms with E-state index < -0.39 is 5.97 Å². The standard InChI is InChI=1S/C23H25ClN2O5/c1-16(27)31-21-4-2-3-18(13-21)23(29)26-11-9-17(10-12-26)14-25-22(28)15-30-20-7-5-19(24)6-8-20/h2-8,13,17H,9-12,14-15H2,1H3,(H,25,28). The highest BCUT2D eigenvalue weighted by Gasteiger charge is 2.24. The Balaban J connectivity index is 1.40. The van der Waals surface area contributed by atoms with Crippen LogP contribution in [-0.2, 0) is 9.59 Å². The fourth-order valence-electron chi connectivity index (χ4n) is 3.37. The molecular weight excluding hydrogens is 420 g/mol. The number of amides is 2. The molecule has 0 aromatic heterocycles. The number of hydrogen-bond acceptors (Lipinski definition) is 5. The normalized spacial score (nSPS) is 14.1. The van der Waals surface area contributed by atoms with Gasteiger partial charge in [0.05, 0.1) is 0 Å². The van der Waals surface area contributed by atoms with Gasteiger partial charge in [-0.15, -0.1) is 0 Å². The highest BCUT2D eigenvalue weighted by molar-refractivity contribution is 6.30. The van der Waals surface area contributed by atoms with E-state index in [-0.39, 0.29) is 18.4 Å². The summed E-state index contributed by atoms with van der Waals surface area (Å²) in [5.41, 5.74) is 0.491. The maximum atomic E-state index is 12.7. The Morgan fingerprint density at radius 1 is 1.06 bits per heavy atom. The van der Waals surface area contributed by atoms with Crippen molar-refractivity contribution >= 4 is 29.4 Å². The van der Waals surface area contributed by atoms with Gasteiger partial charge in [0.1, 0.15) is 11.5 Å². The molecule has 1 N–H and O–H groups in total. The zero-order valence-corrected chi connectivity index (χ0v) is 18.1. The van der Waals surface area contributed by atoms with Crippen LogP contribution in [0.4, 0.5) is 0 Å². The van der Waals surface area contributed by atoms with Crippen LogP contribution in [0.3, 0.4) is 0 Å². The second-order valence-electron chi connectivity index (χ2n) is 7.40. The van der Waals surface area contributed by atoms with E-state index in [1.54, 1.807) is 53.4 Å². The maximum Gasteiger partial charge on any atom is 0.308 e. The van der Waals surface area contributed by atoms with Crippen LogP contribution in [0.1, 0.15) is 30.1 Å². The zero-order chi connectivity index (χ0) is 22.2. The van der Waals surface area contributed by atoms with Crippen molar-refractivity contribution in [2.24, 2.45) is 5.92 Å². The molecule has 31 heavy (non-hydrogen) atoms. The van der Waals surface area contributed by atoms with Gasteiger partial charge < -0.3 is 19.7 Å². The molecule has 0 saturated carbocycles. The lowest BCUT2D eigenvalue weighted by molar-refractivity contribution is -0.131. The van der Waals surface area contributed by atoms with E-state index in [0.29, 0.717) is 47.6 Å². The number of esters is 1. The summed E-state index contributed by atoms with van der Waals surface area (Å²) in [6.07, 6.45) is 1.60. The summed E-state index contributed by atoms with van der Waals surface area (Å²) in [7, 11) is 0. The van der Waals surface area contributed by atoms with Gasteiger partial charge in [-0.05, 0) is 61.2 Å². The molecule has 1 fully saturated rings. The SMILES string of the molecule is CC(=O)Oc1cccc(C(=O)N2CCC(CNC(=O)COc3ccc(Cl)cc3)CC2)c1. The molecule has 2 amide bonds. The van der Waals surface area contributed by atoms with E-state index in [9.17, 15) is 14.4 Å². The highest BCUT2D eigenvalue weighted by atomic mass is 35.5. The fourth-order valence-corrected chi connectivity index (χ4v) is 3.50. The van der Waals surface area contributed by atoms with Gasteiger partial charge in [-0.25, -0.2) is 0 Å². The molecule has 7 nitrogen and oxygen atoms in total. The summed E-state index contributed by atoms with van der Waals surface area (Å²) in [6, 6.07) is 13.5. The molecule has 1 aliphatic rings. The number of carbonyl (C=O) groups is 3. The molecule has 0 aliphatic carbocycles. The van der Waals surface area contributed by atoms with Gasteiger partial charge in [0.25, 0.3) is 11.8 Å². The second kappa shape index (κ2) is 10.8. The Morgan fingerprint density at radius 2 is 1.77 bits per heavy atom. The first-order chi connectivity index (χ1) is 14.9. The number of ether oxygens (including phenoxy) is 2. The van der Waals surface area contributed by atoms with Crippen LogP contribution in [0.5, 0.6) is 11.5 Å². The van der Waals surface area contributed by atoms with Crippen molar-refractivity contribution in [2.75, 3.05) is 26.2 Å². The molecule has 2 aromatic rings. The fraction of sp³-hybridized carbons (Fsp3) is 0.348. The highest BCUT2D eigenvalue weighted by Crippen LogP contribution is 2.21. The van der Waals surface area contributed by atoms with E-state index >= 15 is 0 Å². The van der Waals surface area contributed by atoms with Crippen LogP contribution >= 0.6 is 11.6 Å². The number of nitrogens with one attached hydrogen (secondary N) is 1. The zero-order valence-electron chi connectivity index (χ0n) is 17.3. The van der Waals surface area contributed by atoms with Gasteiger partial charge in [-0.2, -0.15) is 0 Å². The van der Waals surface area contributed by atoms with Crippen molar-refractivity contribution in [3.8, 4) is 11.5 Å². The van der Waals surface area contributed by atoms with Crippen LogP contribution in [0.15, 0.2) is 48.5 Å². The van der Waals surface area contributed by atoms with Crippen molar-refractivity contribution in [1.82, 2.24) is 10.2 Å². The first kappa shape index (κ1) is 22.6. The van der Waals surface area contributed by atoms with Gasteiger partial charge >= 0.3 is 5.97 Å². The lowest BCUT2D eigenvalue weighted by atomic mass is 9.96. The van der Waals surface area contributed by atoms with E-state index in [1.807, 2.05) is 0 Å². The molecule has 2 aromatic carbocycles. The largest absolute Gasteiger partial charge is 0.484 e. The summed E-state index contributed by atoms with van der Waals surface area (Å²) in [5.74, 6) is 0.548. The molecule has 1 heterocycles. The Hall–Kier alpha value is -3.06. The molecule has 0 bridgehead atoms. The summed E-state index contributed by atoms with van der Waals surface area (Å²) in [6.45, 7) is 3.03. The first-order valence-electron chi connectivity index (χ1n) is 10.1. The van der Waals surface area contributed by atoms with Crippen LogP contribution in [0, 0.1) is 5.92 Å². The van der Waals surface area contributed by atoms with Crippen LogP contribution < -0.4 is 14.8 Å². The number of piperidine rings is 1. The number of benzene rings is 2. The molecule has 0 radical (unpaired) electrons. The van der Waals surface area contributed by atoms with Crippen molar-refractivity contribution in [2.45, 2.75) is 19.8 Å². The lowest BCUT2D eigenvalue weighted by Gasteiger charge is -2.32. The second-order valence-corrected chi connectivity index (χ2v) is 7.84. The predicted octanol–water partition coefficient (Wildman–Crippen LogP) is 3.31. The Labute approximate surface area is 186 Å². The number of hydrogen-bond donors (Lipinski definition) is 1.